The molecule has 0 amide bonds. The van der Waals surface area contributed by atoms with Gasteiger partial charge < -0.3 is 14.6 Å². The molecular formula is C33H52O4. The number of allylic oxidation sites excluding steroid dienone is 1. The van der Waals surface area contributed by atoms with E-state index in [9.17, 15) is 9.90 Å². The van der Waals surface area contributed by atoms with Crippen molar-refractivity contribution >= 4 is 5.97 Å². The highest BCUT2D eigenvalue weighted by molar-refractivity contribution is 5.76. The van der Waals surface area contributed by atoms with E-state index >= 15 is 0 Å². The SMILES string of the molecule is C=C(C)[C@@H]1CC[C@]2(C(=O)O)CC[C@]3(C)[C@H](CC[C@@H]4[C@@]5(C)CC[C@H]6OC(C)(C)OC[C@]6(C)[C@@H]5CC[C@]43C)[C@@H]12. The Morgan fingerprint density at radius 2 is 1.54 bits per heavy atom. The van der Waals surface area contributed by atoms with Crippen molar-refractivity contribution in [1.29, 1.82) is 0 Å². The van der Waals surface area contributed by atoms with E-state index in [4.69, 9.17) is 9.47 Å². The second-order valence-corrected chi connectivity index (χ2v) is 16.0. The minimum Gasteiger partial charge on any atom is -0.481 e. The van der Waals surface area contributed by atoms with Crippen LogP contribution in [0.25, 0.3) is 0 Å². The fourth-order valence-corrected chi connectivity index (χ4v) is 12.4. The van der Waals surface area contributed by atoms with Crippen molar-refractivity contribution in [3.63, 3.8) is 0 Å². The molecule has 6 fully saturated rings. The fraction of sp³-hybridized carbons (Fsp3) is 0.909. The molecule has 0 unspecified atom stereocenters. The second-order valence-electron chi connectivity index (χ2n) is 16.0. The number of carboxylic acid groups (broad SMARTS) is 1. The average molecular weight is 513 g/mol. The number of fused-ring (bicyclic) bond motifs is 9. The summed E-state index contributed by atoms with van der Waals surface area (Å²) in [5.74, 6) is 1.38. The van der Waals surface area contributed by atoms with Gasteiger partial charge in [0.05, 0.1) is 18.1 Å². The van der Waals surface area contributed by atoms with Crippen LogP contribution in [-0.2, 0) is 14.3 Å². The maximum atomic E-state index is 12.9. The molecule has 0 spiro atoms. The van der Waals surface area contributed by atoms with E-state index in [0.717, 1.165) is 38.7 Å². The summed E-state index contributed by atoms with van der Waals surface area (Å²) in [6, 6.07) is 0. The maximum Gasteiger partial charge on any atom is 0.309 e. The van der Waals surface area contributed by atoms with E-state index in [2.05, 4.69) is 55.0 Å². The molecule has 4 nitrogen and oxygen atoms in total. The summed E-state index contributed by atoms with van der Waals surface area (Å²) in [6.45, 7) is 21.8. The van der Waals surface area contributed by atoms with Gasteiger partial charge in [-0.25, -0.2) is 0 Å². The minimum absolute atomic E-state index is 0.0725. The number of carbonyl (C=O) groups is 1. The van der Waals surface area contributed by atoms with Crippen molar-refractivity contribution in [1.82, 2.24) is 0 Å². The fourth-order valence-electron chi connectivity index (χ4n) is 12.4. The topological polar surface area (TPSA) is 55.8 Å². The molecule has 11 atom stereocenters. The molecular weight excluding hydrogens is 460 g/mol. The Hall–Kier alpha value is -0.870. The normalized spacial score (nSPS) is 56.2. The number of hydrogen-bond donors (Lipinski definition) is 1. The van der Waals surface area contributed by atoms with Gasteiger partial charge in [0.2, 0.25) is 0 Å². The van der Waals surface area contributed by atoms with E-state index in [1.807, 2.05) is 0 Å². The zero-order valence-electron chi connectivity index (χ0n) is 24.6. The van der Waals surface area contributed by atoms with Gasteiger partial charge in [-0.3, -0.25) is 4.79 Å². The van der Waals surface area contributed by atoms with Crippen LogP contribution in [0, 0.1) is 56.7 Å². The molecule has 4 heteroatoms. The van der Waals surface area contributed by atoms with Crippen molar-refractivity contribution in [2.75, 3.05) is 6.61 Å². The van der Waals surface area contributed by atoms with Crippen LogP contribution >= 0.6 is 0 Å². The van der Waals surface area contributed by atoms with E-state index in [1.54, 1.807) is 0 Å². The van der Waals surface area contributed by atoms with Crippen LogP contribution in [0.4, 0.5) is 0 Å². The van der Waals surface area contributed by atoms with Gasteiger partial charge in [-0.05, 0) is 131 Å². The molecule has 0 aromatic carbocycles. The minimum atomic E-state index is -0.535. The predicted molar refractivity (Wildman–Crippen MR) is 146 cm³/mol. The quantitative estimate of drug-likeness (QED) is 0.383. The van der Waals surface area contributed by atoms with Crippen LogP contribution in [0.2, 0.25) is 0 Å². The van der Waals surface area contributed by atoms with Gasteiger partial charge in [-0.15, -0.1) is 0 Å². The molecule has 0 aromatic heterocycles. The molecule has 208 valence electrons. The summed E-state index contributed by atoms with van der Waals surface area (Å²) in [5, 5.41) is 10.6. The summed E-state index contributed by atoms with van der Waals surface area (Å²) >= 11 is 0. The standard InChI is InChI=1S/C33H52O4/c1-20(2)21-11-16-33(27(34)35)18-17-31(7)22(26(21)33)9-10-24-29(5)14-13-25-30(6,19-36-28(3,4)37-25)23(29)12-15-32(24,31)8/h21-26H,1,9-19H2,2-8H3,(H,34,35)/t21-,22+,23+,24+,25+,26+,29-,30+,31+,32+,33-/m0/s1. The van der Waals surface area contributed by atoms with E-state index in [0.29, 0.717) is 23.7 Å². The lowest BCUT2D eigenvalue weighted by Gasteiger charge is -2.73. The third-order valence-electron chi connectivity index (χ3n) is 14.4. The molecule has 1 saturated heterocycles. The van der Waals surface area contributed by atoms with Crippen molar-refractivity contribution in [3.8, 4) is 0 Å². The highest BCUT2D eigenvalue weighted by Gasteiger charge is 2.72. The summed E-state index contributed by atoms with van der Waals surface area (Å²) < 4.78 is 12.9. The highest BCUT2D eigenvalue weighted by atomic mass is 16.7. The molecule has 1 N–H and O–H groups in total. The largest absolute Gasteiger partial charge is 0.481 e. The molecule has 6 aliphatic rings. The summed E-state index contributed by atoms with van der Waals surface area (Å²) in [5.41, 5.74) is 1.46. The van der Waals surface area contributed by atoms with Crippen molar-refractivity contribution < 1.29 is 19.4 Å². The van der Waals surface area contributed by atoms with Crippen LogP contribution in [0.1, 0.15) is 113 Å². The molecule has 0 aromatic rings. The van der Waals surface area contributed by atoms with E-state index < -0.39 is 17.2 Å². The van der Waals surface area contributed by atoms with Crippen molar-refractivity contribution in [2.45, 2.75) is 125 Å². The molecule has 1 aliphatic heterocycles. The molecule has 1 heterocycles. The number of rotatable bonds is 2. The van der Waals surface area contributed by atoms with Gasteiger partial charge in [0.25, 0.3) is 0 Å². The first-order valence-corrected chi connectivity index (χ1v) is 15.4. The van der Waals surface area contributed by atoms with Gasteiger partial charge in [-0.2, -0.15) is 0 Å². The van der Waals surface area contributed by atoms with Crippen LogP contribution in [0.3, 0.4) is 0 Å². The Morgan fingerprint density at radius 3 is 2.22 bits per heavy atom. The zero-order valence-corrected chi connectivity index (χ0v) is 24.6. The Labute approximate surface area is 225 Å². The Bertz CT molecular complexity index is 1000. The zero-order chi connectivity index (χ0) is 26.8. The Kier molecular flexibility index (Phi) is 5.60. The van der Waals surface area contributed by atoms with E-state index in [-0.39, 0.29) is 33.7 Å². The lowest BCUT2D eigenvalue weighted by atomic mass is 9.32. The highest BCUT2D eigenvalue weighted by Crippen LogP contribution is 2.77. The van der Waals surface area contributed by atoms with Crippen LogP contribution in [0.5, 0.6) is 0 Å². The second kappa shape index (κ2) is 7.87. The number of hydrogen-bond acceptors (Lipinski definition) is 3. The van der Waals surface area contributed by atoms with Crippen LogP contribution in [-0.4, -0.2) is 29.6 Å². The predicted octanol–water partition coefficient (Wildman–Crippen LogP) is 7.86. The number of ether oxygens (including phenoxy) is 2. The van der Waals surface area contributed by atoms with E-state index in [1.165, 1.54) is 37.7 Å². The summed E-state index contributed by atoms with van der Waals surface area (Å²) in [6.07, 6.45) is 11.3. The van der Waals surface area contributed by atoms with Gasteiger partial charge >= 0.3 is 5.97 Å². The number of carboxylic acids is 1. The molecule has 0 radical (unpaired) electrons. The molecule has 0 bridgehead atoms. The smallest absolute Gasteiger partial charge is 0.309 e. The Balaban J connectivity index is 1.37. The lowest BCUT2D eigenvalue weighted by molar-refractivity contribution is -0.354. The van der Waals surface area contributed by atoms with Crippen molar-refractivity contribution in [2.24, 2.45) is 56.7 Å². The molecule has 6 rings (SSSR count). The third-order valence-corrected chi connectivity index (χ3v) is 14.4. The first-order valence-electron chi connectivity index (χ1n) is 15.4. The van der Waals surface area contributed by atoms with Gasteiger partial charge in [0, 0.05) is 5.41 Å². The number of aliphatic carboxylic acids is 1. The molecule has 5 saturated carbocycles. The Morgan fingerprint density at radius 1 is 0.811 bits per heavy atom. The monoisotopic (exact) mass is 512 g/mol. The first kappa shape index (κ1) is 26.4. The average Bonchev–Trinajstić information content (AvgIpc) is 3.21. The molecule has 37 heavy (non-hydrogen) atoms. The van der Waals surface area contributed by atoms with Crippen molar-refractivity contribution in [3.05, 3.63) is 12.2 Å². The summed E-state index contributed by atoms with van der Waals surface area (Å²) in [4.78, 5) is 12.9. The maximum absolute atomic E-state index is 12.9. The first-order chi connectivity index (χ1) is 17.1. The molecule has 5 aliphatic carbocycles. The van der Waals surface area contributed by atoms with Gasteiger partial charge in [0.1, 0.15) is 0 Å². The van der Waals surface area contributed by atoms with Crippen LogP contribution in [0.15, 0.2) is 12.2 Å². The lowest BCUT2D eigenvalue weighted by Crippen LogP contribution is -2.69. The van der Waals surface area contributed by atoms with Crippen LogP contribution < -0.4 is 0 Å². The summed E-state index contributed by atoms with van der Waals surface area (Å²) in [7, 11) is 0. The third kappa shape index (κ3) is 3.18. The van der Waals surface area contributed by atoms with Gasteiger partial charge in [0.15, 0.2) is 5.79 Å². The van der Waals surface area contributed by atoms with Gasteiger partial charge in [-0.1, -0.05) is 39.8 Å².